The molecule has 186 valence electrons. The normalized spacial score (nSPS) is 18.8. The minimum Gasteiger partial charge on any atom is -0.503 e. The molecular formula is C28H27BrN2O5. The lowest BCUT2D eigenvalue weighted by atomic mass is 9.78. The van der Waals surface area contributed by atoms with Gasteiger partial charge in [0.15, 0.2) is 28.8 Å². The zero-order valence-corrected chi connectivity index (χ0v) is 21.8. The van der Waals surface area contributed by atoms with Gasteiger partial charge in [0.05, 0.1) is 43.2 Å². The van der Waals surface area contributed by atoms with Crippen molar-refractivity contribution < 1.29 is 24.1 Å². The van der Waals surface area contributed by atoms with Crippen LogP contribution < -0.4 is 24.8 Å². The Morgan fingerprint density at radius 3 is 2.28 bits per heavy atom. The lowest BCUT2D eigenvalue weighted by Crippen LogP contribution is -2.27. The Labute approximate surface area is 218 Å². The summed E-state index contributed by atoms with van der Waals surface area (Å²) in [7, 11) is 4.72. The van der Waals surface area contributed by atoms with E-state index in [4.69, 9.17) is 14.2 Å². The Balaban J connectivity index is 1.61. The van der Waals surface area contributed by atoms with Gasteiger partial charge in [-0.1, -0.05) is 18.2 Å². The number of hydrogen-bond donors (Lipinski definition) is 3. The van der Waals surface area contributed by atoms with Crippen LogP contribution in [0.4, 0.5) is 11.4 Å². The average molecular weight is 551 g/mol. The number of fused-ring (bicyclic) bond motifs is 1. The SMILES string of the molecule is COc1ccc([C@H]2CC(=O)C3=C(C2)Nc2ccccc2N[C@H]3c2cc(Br)c(O)c(OC)c2)cc1OC. The molecule has 0 amide bonds. The molecule has 0 bridgehead atoms. The van der Waals surface area contributed by atoms with Gasteiger partial charge in [0.25, 0.3) is 0 Å². The molecule has 2 aliphatic rings. The summed E-state index contributed by atoms with van der Waals surface area (Å²) in [6.07, 6.45) is 1.01. The minimum absolute atomic E-state index is 0.0180. The van der Waals surface area contributed by atoms with Crippen molar-refractivity contribution in [1.29, 1.82) is 0 Å². The Morgan fingerprint density at radius 2 is 1.56 bits per heavy atom. The zero-order chi connectivity index (χ0) is 25.4. The number of para-hydroxylation sites is 2. The monoisotopic (exact) mass is 550 g/mol. The predicted molar refractivity (Wildman–Crippen MR) is 142 cm³/mol. The number of carbonyl (C=O) groups excluding carboxylic acids is 1. The number of benzene rings is 3. The van der Waals surface area contributed by atoms with E-state index in [2.05, 4.69) is 26.6 Å². The number of allylic oxidation sites excluding steroid dienone is 1. The van der Waals surface area contributed by atoms with Gasteiger partial charge in [0.2, 0.25) is 0 Å². The highest BCUT2D eigenvalue weighted by Crippen LogP contribution is 2.47. The maximum Gasteiger partial charge on any atom is 0.172 e. The zero-order valence-electron chi connectivity index (χ0n) is 20.2. The van der Waals surface area contributed by atoms with Crippen LogP contribution >= 0.6 is 15.9 Å². The molecule has 8 heteroatoms. The van der Waals surface area contributed by atoms with Crippen molar-refractivity contribution in [3.8, 4) is 23.0 Å². The summed E-state index contributed by atoms with van der Waals surface area (Å²) in [5.41, 5.74) is 5.17. The molecule has 0 saturated heterocycles. The molecule has 0 spiro atoms. The average Bonchev–Trinajstić information content (AvgIpc) is 3.06. The number of hydrogen-bond acceptors (Lipinski definition) is 7. The highest BCUT2D eigenvalue weighted by atomic mass is 79.9. The number of ether oxygens (including phenoxy) is 3. The molecule has 36 heavy (non-hydrogen) atoms. The van der Waals surface area contributed by atoms with Gasteiger partial charge in [-0.15, -0.1) is 0 Å². The first kappa shape index (κ1) is 24.1. The van der Waals surface area contributed by atoms with E-state index in [-0.39, 0.29) is 17.5 Å². The number of nitrogens with one attached hydrogen (secondary N) is 2. The van der Waals surface area contributed by atoms with Crippen LogP contribution in [0, 0.1) is 0 Å². The van der Waals surface area contributed by atoms with Crippen LogP contribution in [0.1, 0.15) is 35.9 Å². The first-order valence-electron chi connectivity index (χ1n) is 11.6. The van der Waals surface area contributed by atoms with Crippen molar-refractivity contribution in [2.75, 3.05) is 32.0 Å². The predicted octanol–water partition coefficient (Wildman–Crippen LogP) is 6.16. The van der Waals surface area contributed by atoms with Crippen LogP contribution in [0.25, 0.3) is 0 Å². The number of phenolic OH excluding ortho intramolecular Hbond substituents is 1. The first-order valence-corrected chi connectivity index (χ1v) is 12.4. The van der Waals surface area contributed by atoms with E-state index in [9.17, 15) is 9.90 Å². The van der Waals surface area contributed by atoms with E-state index in [0.29, 0.717) is 40.1 Å². The van der Waals surface area contributed by atoms with E-state index < -0.39 is 6.04 Å². The number of phenols is 1. The molecule has 3 aromatic rings. The molecule has 5 rings (SSSR count). The number of halogens is 1. The minimum atomic E-state index is -0.430. The van der Waals surface area contributed by atoms with Crippen molar-refractivity contribution in [2.24, 2.45) is 0 Å². The summed E-state index contributed by atoms with van der Waals surface area (Å²) in [5.74, 6) is 1.68. The molecule has 7 nitrogen and oxygen atoms in total. The molecule has 0 radical (unpaired) electrons. The van der Waals surface area contributed by atoms with Gasteiger partial charge in [-0.2, -0.15) is 0 Å². The Hall–Kier alpha value is -3.65. The maximum atomic E-state index is 13.8. The lowest BCUT2D eigenvalue weighted by Gasteiger charge is -2.30. The second-order valence-electron chi connectivity index (χ2n) is 8.84. The topological polar surface area (TPSA) is 89.1 Å². The molecule has 0 saturated carbocycles. The summed E-state index contributed by atoms with van der Waals surface area (Å²) in [6.45, 7) is 0. The van der Waals surface area contributed by atoms with Gasteiger partial charge in [-0.3, -0.25) is 4.79 Å². The summed E-state index contributed by atoms with van der Waals surface area (Å²) in [4.78, 5) is 13.8. The van der Waals surface area contributed by atoms with Gasteiger partial charge in [-0.25, -0.2) is 0 Å². The molecule has 0 unspecified atom stereocenters. The van der Waals surface area contributed by atoms with Crippen molar-refractivity contribution >= 4 is 33.1 Å². The second kappa shape index (κ2) is 9.78. The van der Waals surface area contributed by atoms with Gasteiger partial charge < -0.3 is 30.0 Å². The number of ketones is 1. The third-order valence-electron chi connectivity index (χ3n) is 6.79. The highest BCUT2D eigenvalue weighted by molar-refractivity contribution is 9.10. The fourth-order valence-corrected chi connectivity index (χ4v) is 5.46. The summed E-state index contributed by atoms with van der Waals surface area (Å²) in [6, 6.07) is 16.9. The van der Waals surface area contributed by atoms with Gasteiger partial charge >= 0.3 is 0 Å². The molecule has 3 aromatic carbocycles. The summed E-state index contributed by atoms with van der Waals surface area (Å²) >= 11 is 3.43. The summed E-state index contributed by atoms with van der Waals surface area (Å²) < 4.78 is 16.8. The molecule has 0 fully saturated rings. The van der Waals surface area contributed by atoms with Crippen molar-refractivity contribution in [1.82, 2.24) is 0 Å². The molecule has 0 aromatic heterocycles. The Bertz CT molecular complexity index is 1370. The maximum absolute atomic E-state index is 13.8. The molecular weight excluding hydrogens is 524 g/mol. The van der Waals surface area contributed by atoms with Crippen LogP contribution in [-0.2, 0) is 4.79 Å². The number of methoxy groups -OCH3 is 3. The van der Waals surface area contributed by atoms with Crippen LogP contribution in [0.5, 0.6) is 23.0 Å². The first-order chi connectivity index (χ1) is 17.4. The van der Waals surface area contributed by atoms with E-state index in [1.807, 2.05) is 48.5 Å². The lowest BCUT2D eigenvalue weighted by molar-refractivity contribution is -0.116. The highest BCUT2D eigenvalue weighted by Gasteiger charge is 2.36. The molecule has 2 atom stereocenters. The second-order valence-corrected chi connectivity index (χ2v) is 9.69. The third-order valence-corrected chi connectivity index (χ3v) is 7.40. The van der Waals surface area contributed by atoms with E-state index in [0.717, 1.165) is 28.2 Å². The number of carbonyl (C=O) groups is 1. The Kier molecular flexibility index (Phi) is 6.53. The van der Waals surface area contributed by atoms with Gasteiger partial charge in [0.1, 0.15) is 0 Å². The quantitative estimate of drug-likeness (QED) is 0.350. The van der Waals surface area contributed by atoms with Crippen LogP contribution in [-0.4, -0.2) is 32.2 Å². The van der Waals surface area contributed by atoms with Crippen LogP contribution in [0.15, 0.2) is 70.3 Å². The van der Waals surface area contributed by atoms with Crippen molar-refractivity contribution in [3.05, 3.63) is 81.5 Å². The molecule has 3 N–H and O–H groups in total. The van der Waals surface area contributed by atoms with E-state index in [1.54, 1.807) is 20.3 Å². The Morgan fingerprint density at radius 1 is 0.861 bits per heavy atom. The largest absolute Gasteiger partial charge is 0.503 e. The molecule has 1 aliphatic carbocycles. The molecule has 1 heterocycles. The fourth-order valence-electron chi connectivity index (χ4n) is 5.00. The van der Waals surface area contributed by atoms with Crippen LogP contribution in [0.3, 0.4) is 0 Å². The number of rotatable bonds is 5. The summed E-state index contributed by atoms with van der Waals surface area (Å²) in [5, 5.41) is 17.5. The number of aromatic hydroxyl groups is 1. The van der Waals surface area contributed by atoms with Gasteiger partial charge in [-0.05, 0) is 75.8 Å². The number of anilines is 2. The van der Waals surface area contributed by atoms with Crippen molar-refractivity contribution in [2.45, 2.75) is 24.8 Å². The third kappa shape index (κ3) is 4.26. The van der Waals surface area contributed by atoms with E-state index >= 15 is 0 Å². The van der Waals surface area contributed by atoms with Gasteiger partial charge in [0, 0.05) is 17.7 Å². The van der Waals surface area contributed by atoms with E-state index in [1.165, 1.54) is 7.11 Å². The fraction of sp³-hybridized carbons (Fsp3) is 0.250. The van der Waals surface area contributed by atoms with Crippen LogP contribution in [0.2, 0.25) is 0 Å². The van der Waals surface area contributed by atoms with Crippen molar-refractivity contribution in [3.63, 3.8) is 0 Å². The number of Topliss-reactive ketones (excluding diaryl/α,β-unsaturated/α-hetero) is 1. The molecule has 1 aliphatic heterocycles. The standard InChI is InChI=1S/C28H27BrN2O5/c1-34-23-9-8-15(13-24(23)35-2)16-11-21-26(22(32)12-16)27(31-20-7-5-4-6-19(20)30-21)17-10-18(29)28(33)25(14-17)36-3/h4-10,13-14,16,27,30-31,33H,11-12H2,1-3H3/t16-,27+/m1/s1. The smallest absolute Gasteiger partial charge is 0.172 e.